The Hall–Kier alpha value is -3.69. The number of primary sulfonamides is 1. The summed E-state index contributed by atoms with van der Waals surface area (Å²) in [5.41, 5.74) is 8.33. The second-order valence-electron chi connectivity index (χ2n) is 6.81. The van der Waals surface area contributed by atoms with Crippen molar-refractivity contribution in [3.05, 3.63) is 83.4 Å². The van der Waals surface area contributed by atoms with Gasteiger partial charge in [-0.05, 0) is 42.3 Å². The molecular formula is C22H22N4O4S. The normalized spacial score (nSPS) is 11.0. The minimum Gasteiger partial charge on any atom is -0.473 e. The average Bonchev–Trinajstić information content (AvgIpc) is 2.74. The van der Waals surface area contributed by atoms with Crippen LogP contribution in [-0.4, -0.2) is 26.9 Å². The lowest BCUT2D eigenvalue weighted by molar-refractivity contribution is 0.0918. The van der Waals surface area contributed by atoms with Crippen LogP contribution in [0.2, 0.25) is 0 Å². The molecule has 0 aliphatic carbocycles. The summed E-state index contributed by atoms with van der Waals surface area (Å²) in [7, 11) is -3.88. The number of carbonyl (C=O) groups is 1. The van der Waals surface area contributed by atoms with E-state index < -0.39 is 10.0 Å². The highest BCUT2D eigenvalue weighted by Gasteiger charge is 2.15. The van der Waals surface area contributed by atoms with Crippen molar-refractivity contribution in [2.45, 2.75) is 11.8 Å². The van der Waals surface area contributed by atoms with Crippen LogP contribution in [0.1, 0.15) is 21.5 Å². The third-order valence-electron chi connectivity index (χ3n) is 4.61. The molecule has 0 fully saturated rings. The smallest absolute Gasteiger partial charge is 0.253 e. The monoisotopic (exact) mass is 438 g/mol. The Morgan fingerprint density at radius 3 is 2.32 bits per heavy atom. The van der Waals surface area contributed by atoms with Crippen molar-refractivity contribution in [1.29, 1.82) is 5.41 Å². The lowest BCUT2D eigenvalue weighted by atomic mass is 10.0. The zero-order valence-electron chi connectivity index (χ0n) is 16.8. The molecule has 1 amide bonds. The minimum atomic E-state index is -3.88. The van der Waals surface area contributed by atoms with Crippen molar-refractivity contribution < 1.29 is 17.9 Å². The molecule has 0 aliphatic heterocycles. The predicted octanol–water partition coefficient (Wildman–Crippen LogP) is 2.36. The van der Waals surface area contributed by atoms with E-state index in [1.165, 1.54) is 6.07 Å². The van der Waals surface area contributed by atoms with Gasteiger partial charge in [0, 0.05) is 16.7 Å². The highest BCUT2D eigenvalue weighted by molar-refractivity contribution is 7.89. The Morgan fingerprint density at radius 2 is 1.68 bits per heavy atom. The number of sulfonamides is 1. The van der Waals surface area contributed by atoms with Crippen LogP contribution in [0.5, 0.6) is 5.75 Å². The van der Waals surface area contributed by atoms with Crippen molar-refractivity contribution in [2.75, 3.05) is 6.73 Å². The number of hydrogen-bond donors (Lipinski definition) is 4. The number of benzene rings is 3. The molecule has 6 N–H and O–H groups in total. The van der Waals surface area contributed by atoms with E-state index in [9.17, 15) is 13.2 Å². The molecule has 0 radical (unpaired) electrons. The van der Waals surface area contributed by atoms with E-state index in [2.05, 4.69) is 5.32 Å². The first-order valence-corrected chi connectivity index (χ1v) is 10.8. The number of ether oxygens (including phenoxy) is 1. The highest BCUT2D eigenvalue weighted by atomic mass is 32.2. The SMILES string of the molecule is Cc1ccc(C(=N)N)cc1OCNC(=O)c1ccc(-c2ccccc2S(N)(=O)=O)cc1. The number of nitrogen functional groups attached to an aromatic ring is 1. The van der Waals surface area contributed by atoms with Gasteiger partial charge in [-0.3, -0.25) is 10.2 Å². The van der Waals surface area contributed by atoms with Gasteiger partial charge in [-0.15, -0.1) is 0 Å². The molecule has 3 aromatic rings. The molecule has 0 saturated carbocycles. The summed E-state index contributed by atoms with van der Waals surface area (Å²) >= 11 is 0. The molecule has 160 valence electrons. The first-order chi connectivity index (χ1) is 14.7. The Bertz CT molecular complexity index is 1240. The number of carbonyl (C=O) groups excluding carboxylic acids is 1. The first kappa shape index (κ1) is 22.0. The molecule has 0 aromatic heterocycles. The molecule has 3 rings (SSSR count). The van der Waals surface area contributed by atoms with Gasteiger partial charge in [0.05, 0.1) is 4.90 Å². The summed E-state index contributed by atoms with van der Waals surface area (Å²) in [6, 6.07) is 18.0. The quantitative estimate of drug-likeness (QED) is 0.254. The molecule has 0 bridgehead atoms. The molecule has 0 spiro atoms. The number of amides is 1. The predicted molar refractivity (Wildman–Crippen MR) is 118 cm³/mol. The maximum absolute atomic E-state index is 12.4. The highest BCUT2D eigenvalue weighted by Crippen LogP contribution is 2.26. The number of nitrogens with one attached hydrogen (secondary N) is 2. The van der Waals surface area contributed by atoms with Crippen LogP contribution in [0.3, 0.4) is 0 Å². The number of hydrogen-bond acceptors (Lipinski definition) is 5. The second kappa shape index (κ2) is 8.99. The van der Waals surface area contributed by atoms with Crippen LogP contribution >= 0.6 is 0 Å². The second-order valence-corrected chi connectivity index (χ2v) is 8.34. The molecule has 0 saturated heterocycles. The van der Waals surface area contributed by atoms with Gasteiger partial charge in [0.2, 0.25) is 10.0 Å². The van der Waals surface area contributed by atoms with Gasteiger partial charge >= 0.3 is 0 Å². The number of aryl methyl sites for hydroxylation is 1. The summed E-state index contributed by atoms with van der Waals surface area (Å²) in [6.07, 6.45) is 0. The Morgan fingerprint density at radius 1 is 1.03 bits per heavy atom. The molecular weight excluding hydrogens is 416 g/mol. The van der Waals surface area contributed by atoms with Crippen molar-refractivity contribution in [3.8, 4) is 16.9 Å². The van der Waals surface area contributed by atoms with Crippen molar-refractivity contribution in [2.24, 2.45) is 10.9 Å². The summed E-state index contributed by atoms with van der Waals surface area (Å²) in [6.45, 7) is 1.77. The first-order valence-electron chi connectivity index (χ1n) is 9.25. The molecule has 0 aliphatic rings. The number of nitrogens with two attached hydrogens (primary N) is 2. The fourth-order valence-electron chi connectivity index (χ4n) is 2.96. The van der Waals surface area contributed by atoms with E-state index in [0.29, 0.717) is 28.0 Å². The van der Waals surface area contributed by atoms with Crippen LogP contribution in [-0.2, 0) is 10.0 Å². The number of rotatable bonds is 7. The van der Waals surface area contributed by atoms with Crippen LogP contribution < -0.4 is 20.9 Å². The summed E-state index contributed by atoms with van der Waals surface area (Å²) in [5, 5.41) is 15.4. The van der Waals surface area contributed by atoms with Crippen LogP contribution in [0.4, 0.5) is 0 Å². The fraction of sp³-hybridized carbons (Fsp3) is 0.0909. The summed E-state index contributed by atoms with van der Waals surface area (Å²) in [4.78, 5) is 12.4. The van der Waals surface area contributed by atoms with Gasteiger partial charge in [-0.1, -0.05) is 42.5 Å². The van der Waals surface area contributed by atoms with Gasteiger partial charge in [0.15, 0.2) is 6.73 Å². The Balaban J connectivity index is 1.68. The van der Waals surface area contributed by atoms with Gasteiger partial charge in [0.25, 0.3) is 5.91 Å². The van der Waals surface area contributed by atoms with E-state index >= 15 is 0 Å². The third-order valence-corrected chi connectivity index (χ3v) is 5.58. The molecule has 8 nitrogen and oxygen atoms in total. The van der Waals surface area contributed by atoms with E-state index in [-0.39, 0.29) is 23.4 Å². The molecule has 0 atom stereocenters. The maximum atomic E-state index is 12.4. The van der Waals surface area contributed by atoms with Gasteiger partial charge in [0.1, 0.15) is 11.6 Å². The van der Waals surface area contributed by atoms with Crippen molar-refractivity contribution in [3.63, 3.8) is 0 Å². The summed E-state index contributed by atoms with van der Waals surface area (Å²) < 4.78 is 29.2. The van der Waals surface area contributed by atoms with E-state index in [0.717, 1.165) is 5.56 Å². The van der Waals surface area contributed by atoms with Crippen LogP contribution in [0, 0.1) is 12.3 Å². The van der Waals surface area contributed by atoms with E-state index in [1.807, 2.05) is 6.92 Å². The Labute approximate surface area is 180 Å². The largest absolute Gasteiger partial charge is 0.473 e. The zero-order valence-corrected chi connectivity index (χ0v) is 17.6. The average molecular weight is 439 g/mol. The molecule has 0 heterocycles. The van der Waals surface area contributed by atoms with Crippen LogP contribution in [0.25, 0.3) is 11.1 Å². The Kier molecular flexibility index (Phi) is 6.38. The minimum absolute atomic E-state index is 0.0174. The van der Waals surface area contributed by atoms with Gasteiger partial charge in [-0.25, -0.2) is 13.6 Å². The topological polar surface area (TPSA) is 148 Å². The van der Waals surface area contributed by atoms with Crippen molar-refractivity contribution in [1.82, 2.24) is 5.32 Å². The van der Waals surface area contributed by atoms with E-state index in [4.69, 9.17) is 21.0 Å². The fourth-order valence-corrected chi connectivity index (χ4v) is 3.72. The standard InChI is InChI=1S/C22H22N4O4S/c1-14-6-7-17(21(23)24)12-19(14)30-13-26-22(27)16-10-8-15(9-11-16)18-4-2-3-5-20(18)31(25,28)29/h2-12H,13H2,1H3,(H3,23,24)(H,26,27)(H2,25,28,29). The van der Waals surface area contributed by atoms with Crippen molar-refractivity contribution >= 4 is 21.8 Å². The lowest BCUT2D eigenvalue weighted by Gasteiger charge is -2.12. The van der Waals surface area contributed by atoms with Crippen LogP contribution in [0.15, 0.2) is 71.6 Å². The zero-order chi connectivity index (χ0) is 22.6. The lowest BCUT2D eigenvalue weighted by Crippen LogP contribution is -2.28. The molecule has 3 aromatic carbocycles. The summed E-state index contributed by atoms with van der Waals surface area (Å²) in [5.74, 6) is 0.0904. The van der Waals surface area contributed by atoms with Gasteiger partial charge in [-0.2, -0.15) is 0 Å². The van der Waals surface area contributed by atoms with Gasteiger partial charge < -0.3 is 15.8 Å². The maximum Gasteiger partial charge on any atom is 0.253 e. The number of amidine groups is 1. The van der Waals surface area contributed by atoms with E-state index in [1.54, 1.807) is 60.7 Å². The molecule has 0 unspecified atom stereocenters. The molecule has 9 heteroatoms. The third kappa shape index (κ3) is 5.27. The molecule has 31 heavy (non-hydrogen) atoms.